The molecule has 0 aliphatic carbocycles. The van der Waals surface area contributed by atoms with Crippen LogP contribution in [0.4, 0.5) is 4.39 Å². The topological polar surface area (TPSA) is 26.2 Å². The normalized spacial score (nSPS) is 11.4. The summed E-state index contributed by atoms with van der Waals surface area (Å²) >= 11 is 0. The second-order valence-corrected chi connectivity index (χ2v) is 6.82. The van der Waals surface area contributed by atoms with E-state index in [1.807, 2.05) is 49.0 Å². The van der Waals surface area contributed by atoms with Gasteiger partial charge < -0.3 is 14.6 Å². The maximum atomic E-state index is 14.7. The van der Waals surface area contributed by atoms with Crippen LogP contribution in [-0.2, 0) is 20.1 Å². The van der Waals surface area contributed by atoms with E-state index in [0.717, 1.165) is 45.8 Å². The largest absolute Gasteiger partial charge is 0.485 e. The molecule has 138 valence electrons. The Kier molecular flexibility index (Phi) is 4.82. The van der Waals surface area contributed by atoms with Gasteiger partial charge in [-0.1, -0.05) is 42.5 Å². The summed E-state index contributed by atoms with van der Waals surface area (Å²) in [4.78, 5) is 0. The highest BCUT2D eigenvalue weighted by molar-refractivity contribution is 5.90. The molecular weight excluding hydrogens is 339 g/mol. The standard InChI is InChI=1S/C23H23FN2O/c1-25-13-12-17-14-26(2)21-11-10-20(24)23(22(17)21)27-15-18-8-5-7-16-6-3-4-9-19(16)18/h3-11,14,25H,12-13,15H2,1-2H3. The van der Waals surface area contributed by atoms with Crippen LogP contribution in [0.25, 0.3) is 21.7 Å². The molecule has 1 heterocycles. The summed E-state index contributed by atoms with van der Waals surface area (Å²) in [5.74, 6) is 0.0202. The highest BCUT2D eigenvalue weighted by Gasteiger charge is 2.16. The smallest absolute Gasteiger partial charge is 0.165 e. The molecule has 27 heavy (non-hydrogen) atoms. The van der Waals surface area contributed by atoms with Gasteiger partial charge in [-0.05, 0) is 54.0 Å². The summed E-state index contributed by atoms with van der Waals surface area (Å²) in [6.45, 7) is 1.16. The van der Waals surface area contributed by atoms with Crippen LogP contribution in [0.5, 0.6) is 5.75 Å². The second-order valence-electron chi connectivity index (χ2n) is 6.82. The maximum absolute atomic E-state index is 14.7. The molecule has 4 heteroatoms. The molecule has 4 aromatic rings. The first-order valence-electron chi connectivity index (χ1n) is 9.19. The molecule has 0 aliphatic rings. The zero-order chi connectivity index (χ0) is 18.8. The molecule has 0 radical (unpaired) electrons. The molecule has 4 rings (SSSR count). The molecular formula is C23H23FN2O. The summed E-state index contributed by atoms with van der Waals surface area (Å²) in [6.07, 6.45) is 2.88. The maximum Gasteiger partial charge on any atom is 0.165 e. The Hall–Kier alpha value is -2.85. The molecule has 3 nitrogen and oxygen atoms in total. The van der Waals surface area contributed by atoms with Gasteiger partial charge in [0.25, 0.3) is 0 Å². The predicted molar refractivity (Wildman–Crippen MR) is 109 cm³/mol. The number of rotatable bonds is 6. The van der Waals surface area contributed by atoms with Crippen LogP contribution < -0.4 is 10.1 Å². The molecule has 0 unspecified atom stereocenters. The van der Waals surface area contributed by atoms with E-state index in [-0.39, 0.29) is 5.82 Å². The van der Waals surface area contributed by atoms with Gasteiger partial charge in [0.2, 0.25) is 0 Å². The number of halogens is 1. The monoisotopic (exact) mass is 362 g/mol. The van der Waals surface area contributed by atoms with E-state index in [1.54, 1.807) is 0 Å². The first-order valence-corrected chi connectivity index (χ1v) is 9.19. The lowest BCUT2D eigenvalue weighted by Gasteiger charge is -2.12. The van der Waals surface area contributed by atoms with Crippen LogP contribution in [0.2, 0.25) is 0 Å². The van der Waals surface area contributed by atoms with Gasteiger partial charge in [0.05, 0.1) is 5.52 Å². The van der Waals surface area contributed by atoms with Gasteiger partial charge in [0, 0.05) is 18.6 Å². The Morgan fingerprint density at radius 1 is 1.00 bits per heavy atom. The van der Waals surface area contributed by atoms with Gasteiger partial charge in [-0.15, -0.1) is 0 Å². The van der Waals surface area contributed by atoms with Crippen molar-refractivity contribution in [2.45, 2.75) is 13.0 Å². The number of benzene rings is 3. The first-order chi connectivity index (χ1) is 13.2. The van der Waals surface area contributed by atoms with E-state index < -0.39 is 0 Å². The Morgan fingerprint density at radius 3 is 2.67 bits per heavy atom. The third-order valence-corrected chi connectivity index (χ3v) is 5.03. The van der Waals surface area contributed by atoms with Crippen molar-refractivity contribution in [2.24, 2.45) is 7.05 Å². The van der Waals surface area contributed by atoms with Crippen molar-refractivity contribution in [1.29, 1.82) is 0 Å². The number of hydrogen-bond acceptors (Lipinski definition) is 2. The van der Waals surface area contributed by atoms with E-state index in [4.69, 9.17) is 4.74 Å². The molecule has 0 saturated carbocycles. The Balaban J connectivity index is 1.73. The van der Waals surface area contributed by atoms with Crippen LogP contribution in [0.15, 0.2) is 60.8 Å². The van der Waals surface area contributed by atoms with Crippen molar-refractivity contribution in [1.82, 2.24) is 9.88 Å². The van der Waals surface area contributed by atoms with Crippen LogP contribution in [0.3, 0.4) is 0 Å². The number of hydrogen-bond donors (Lipinski definition) is 1. The summed E-state index contributed by atoms with van der Waals surface area (Å²) in [5.41, 5.74) is 3.13. The summed E-state index contributed by atoms with van der Waals surface area (Å²) in [5, 5.41) is 6.32. The van der Waals surface area contributed by atoms with E-state index in [2.05, 4.69) is 29.7 Å². The molecule has 1 N–H and O–H groups in total. The molecule has 0 bridgehead atoms. The SMILES string of the molecule is CNCCc1cn(C)c2ccc(F)c(OCc3cccc4ccccc34)c12. The second kappa shape index (κ2) is 7.41. The number of likely N-dealkylation sites (N-methyl/N-ethyl adjacent to an activating group) is 1. The molecule has 0 fully saturated rings. The highest BCUT2D eigenvalue weighted by atomic mass is 19.1. The van der Waals surface area contributed by atoms with Crippen molar-refractivity contribution >= 4 is 21.7 Å². The number of fused-ring (bicyclic) bond motifs is 2. The van der Waals surface area contributed by atoms with Crippen molar-refractivity contribution in [2.75, 3.05) is 13.6 Å². The van der Waals surface area contributed by atoms with E-state index in [1.165, 1.54) is 6.07 Å². The van der Waals surface area contributed by atoms with Gasteiger partial charge in [-0.25, -0.2) is 4.39 Å². The third kappa shape index (κ3) is 3.28. The minimum absolute atomic E-state index is 0.320. The lowest BCUT2D eigenvalue weighted by Crippen LogP contribution is -2.10. The number of ether oxygens (including phenoxy) is 1. The van der Waals surface area contributed by atoms with Gasteiger partial charge >= 0.3 is 0 Å². The molecule has 0 saturated heterocycles. The van der Waals surface area contributed by atoms with E-state index >= 15 is 0 Å². The quantitative estimate of drug-likeness (QED) is 0.533. The molecule has 1 aromatic heterocycles. The van der Waals surface area contributed by atoms with Crippen molar-refractivity contribution in [3.63, 3.8) is 0 Å². The van der Waals surface area contributed by atoms with E-state index in [0.29, 0.717) is 12.4 Å². The van der Waals surface area contributed by atoms with Crippen LogP contribution in [0, 0.1) is 5.82 Å². The van der Waals surface area contributed by atoms with Gasteiger partial charge in [0.15, 0.2) is 11.6 Å². The third-order valence-electron chi connectivity index (χ3n) is 5.03. The fraction of sp³-hybridized carbons (Fsp3) is 0.217. The van der Waals surface area contributed by atoms with Crippen molar-refractivity contribution < 1.29 is 9.13 Å². The highest BCUT2D eigenvalue weighted by Crippen LogP contribution is 2.34. The minimum Gasteiger partial charge on any atom is -0.485 e. The number of aryl methyl sites for hydroxylation is 1. The van der Waals surface area contributed by atoms with Gasteiger partial charge in [-0.3, -0.25) is 0 Å². The Morgan fingerprint density at radius 2 is 1.81 bits per heavy atom. The number of aromatic nitrogens is 1. The Labute approximate surface area is 158 Å². The lowest BCUT2D eigenvalue weighted by atomic mass is 10.1. The first kappa shape index (κ1) is 17.6. The summed E-state index contributed by atoms with van der Waals surface area (Å²) in [6, 6.07) is 17.6. The molecule has 0 spiro atoms. The van der Waals surface area contributed by atoms with Gasteiger partial charge in [0.1, 0.15) is 6.61 Å². The Bertz CT molecular complexity index is 1100. The van der Waals surface area contributed by atoms with Gasteiger partial charge in [-0.2, -0.15) is 0 Å². The summed E-state index contributed by atoms with van der Waals surface area (Å²) < 4.78 is 22.8. The zero-order valence-corrected chi connectivity index (χ0v) is 15.6. The van der Waals surface area contributed by atoms with Crippen molar-refractivity contribution in [3.05, 3.63) is 77.7 Å². The predicted octanol–water partition coefficient (Wildman–Crippen LogP) is 4.81. The molecule has 0 atom stereocenters. The molecule has 0 amide bonds. The number of nitrogens with one attached hydrogen (secondary N) is 1. The fourth-order valence-electron chi connectivity index (χ4n) is 3.68. The van der Waals surface area contributed by atoms with Crippen LogP contribution in [0.1, 0.15) is 11.1 Å². The summed E-state index contributed by atoms with van der Waals surface area (Å²) in [7, 11) is 3.90. The lowest BCUT2D eigenvalue weighted by molar-refractivity contribution is 0.295. The average Bonchev–Trinajstić information content (AvgIpc) is 3.01. The number of nitrogens with zero attached hydrogens (tertiary/aromatic N) is 1. The minimum atomic E-state index is -0.320. The molecule has 3 aromatic carbocycles. The van der Waals surface area contributed by atoms with E-state index in [9.17, 15) is 4.39 Å². The zero-order valence-electron chi connectivity index (χ0n) is 15.6. The van der Waals surface area contributed by atoms with Crippen LogP contribution >= 0.6 is 0 Å². The average molecular weight is 362 g/mol. The molecule has 0 aliphatic heterocycles. The van der Waals surface area contributed by atoms with Crippen molar-refractivity contribution in [3.8, 4) is 5.75 Å². The fourth-order valence-corrected chi connectivity index (χ4v) is 3.68. The van der Waals surface area contributed by atoms with Crippen LogP contribution in [-0.4, -0.2) is 18.2 Å².